The lowest BCUT2D eigenvalue weighted by atomic mass is 10.1. The first-order valence-corrected chi connectivity index (χ1v) is 7.93. The number of benzene rings is 2. The zero-order chi connectivity index (χ0) is 18.0. The molecule has 0 aliphatic carbocycles. The zero-order valence-electron chi connectivity index (χ0n) is 12.6. The van der Waals surface area contributed by atoms with Crippen LogP contribution < -0.4 is 5.63 Å². The second-order valence-electron chi connectivity index (χ2n) is 5.18. The summed E-state index contributed by atoms with van der Waals surface area (Å²) in [6, 6.07) is 12.4. The minimum atomic E-state index is -0.733. The second-order valence-corrected chi connectivity index (χ2v) is 6.10. The van der Waals surface area contributed by atoms with E-state index in [2.05, 4.69) is 15.9 Å². The lowest BCUT2D eigenvalue weighted by Crippen LogP contribution is -2.11. The van der Waals surface area contributed by atoms with E-state index in [1.54, 1.807) is 24.3 Å². The van der Waals surface area contributed by atoms with E-state index in [4.69, 9.17) is 4.42 Å². The van der Waals surface area contributed by atoms with Crippen molar-refractivity contribution < 1.29 is 14.1 Å². The van der Waals surface area contributed by atoms with Crippen molar-refractivity contribution in [3.8, 4) is 0 Å². The molecule has 0 amide bonds. The maximum Gasteiger partial charge on any atom is 0.347 e. The number of nitro groups is 1. The highest BCUT2D eigenvalue weighted by atomic mass is 79.9. The number of hydrogen-bond donors (Lipinski definition) is 0. The summed E-state index contributed by atoms with van der Waals surface area (Å²) in [6.45, 7) is 0. The van der Waals surface area contributed by atoms with Gasteiger partial charge in [0.1, 0.15) is 11.1 Å². The minimum Gasteiger partial charge on any atom is -0.422 e. The van der Waals surface area contributed by atoms with E-state index in [0.717, 1.165) is 4.47 Å². The lowest BCUT2D eigenvalue weighted by Gasteiger charge is -2.00. The zero-order valence-corrected chi connectivity index (χ0v) is 14.2. The number of halogens is 1. The third kappa shape index (κ3) is 3.72. The molecule has 0 unspecified atom stereocenters. The Balaban J connectivity index is 1.94. The summed E-state index contributed by atoms with van der Waals surface area (Å²) in [7, 11) is 0. The van der Waals surface area contributed by atoms with Crippen molar-refractivity contribution in [2.24, 2.45) is 0 Å². The summed E-state index contributed by atoms with van der Waals surface area (Å²) < 4.78 is 5.94. The first kappa shape index (κ1) is 16.8. The van der Waals surface area contributed by atoms with Gasteiger partial charge in [0, 0.05) is 22.0 Å². The molecule has 6 nitrogen and oxygen atoms in total. The molecule has 0 atom stereocenters. The van der Waals surface area contributed by atoms with E-state index < -0.39 is 16.3 Å². The van der Waals surface area contributed by atoms with E-state index in [1.165, 1.54) is 36.4 Å². The molecule has 0 aliphatic heterocycles. The van der Waals surface area contributed by atoms with Crippen LogP contribution in [-0.4, -0.2) is 10.7 Å². The van der Waals surface area contributed by atoms with E-state index in [-0.39, 0.29) is 11.3 Å². The maximum atomic E-state index is 12.3. The van der Waals surface area contributed by atoms with Gasteiger partial charge in [-0.2, -0.15) is 0 Å². The summed E-state index contributed by atoms with van der Waals surface area (Å²) in [5.41, 5.74) is -0.0525. The van der Waals surface area contributed by atoms with Crippen LogP contribution in [0, 0.1) is 10.1 Å². The fourth-order valence-electron chi connectivity index (χ4n) is 2.27. The molecule has 0 spiro atoms. The Hall–Kier alpha value is -3.06. The number of carbonyl (C=O) groups excluding carboxylic acids is 1. The van der Waals surface area contributed by atoms with Gasteiger partial charge in [0.2, 0.25) is 0 Å². The number of allylic oxidation sites excluding steroid dienone is 1. The molecule has 3 rings (SSSR count). The molecule has 7 heteroatoms. The number of nitro benzene ring substituents is 1. The highest BCUT2D eigenvalue weighted by molar-refractivity contribution is 9.10. The van der Waals surface area contributed by atoms with Crippen LogP contribution in [0.5, 0.6) is 0 Å². The monoisotopic (exact) mass is 399 g/mol. The highest BCUT2D eigenvalue weighted by Gasteiger charge is 2.12. The molecule has 0 saturated heterocycles. The van der Waals surface area contributed by atoms with Crippen molar-refractivity contribution in [3.05, 3.63) is 90.7 Å². The molecule has 1 heterocycles. The normalized spacial score (nSPS) is 11.1. The molecule has 0 aliphatic rings. The van der Waals surface area contributed by atoms with Gasteiger partial charge in [-0.15, -0.1) is 0 Å². The molecule has 0 saturated carbocycles. The average molecular weight is 400 g/mol. The lowest BCUT2D eigenvalue weighted by molar-refractivity contribution is -0.384. The van der Waals surface area contributed by atoms with Crippen molar-refractivity contribution in [1.29, 1.82) is 0 Å². The molecule has 0 bridgehead atoms. The number of ketones is 1. The summed E-state index contributed by atoms with van der Waals surface area (Å²) >= 11 is 3.32. The molecule has 0 fully saturated rings. The van der Waals surface area contributed by atoms with E-state index in [1.807, 2.05) is 0 Å². The Morgan fingerprint density at radius 2 is 1.96 bits per heavy atom. The Morgan fingerprint density at radius 1 is 1.16 bits per heavy atom. The molecule has 1 aromatic heterocycles. The van der Waals surface area contributed by atoms with Gasteiger partial charge in [-0.3, -0.25) is 14.9 Å². The van der Waals surface area contributed by atoms with Gasteiger partial charge in [0.15, 0.2) is 5.78 Å². The van der Waals surface area contributed by atoms with Crippen molar-refractivity contribution in [2.75, 3.05) is 0 Å². The van der Waals surface area contributed by atoms with Crippen LogP contribution in [0.2, 0.25) is 0 Å². The van der Waals surface area contributed by atoms with Crippen LogP contribution in [0.25, 0.3) is 17.0 Å². The third-order valence-electron chi connectivity index (χ3n) is 3.47. The SMILES string of the molecule is O=C(C=Cc1cccc([N+](=O)[O-])c1)c1cc2cc(Br)ccc2oc1=O. The fraction of sp³-hybridized carbons (Fsp3) is 0. The topological polar surface area (TPSA) is 90.4 Å². The fourth-order valence-corrected chi connectivity index (χ4v) is 2.65. The van der Waals surface area contributed by atoms with E-state index in [9.17, 15) is 19.7 Å². The maximum absolute atomic E-state index is 12.3. The van der Waals surface area contributed by atoms with Gasteiger partial charge in [-0.25, -0.2) is 4.79 Å². The van der Waals surface area contributed by atoms with E-state index >= 15 is 0 Å². The van der Waals surface area contributed by atoms with Crippen LogP contribution in [0.1, 0.15) is 15.9 Å². The van der Waals surface area contributed by atoms with Gasteiger partial charge in [0.05, 0.1) is 4.92 Å². The van der Waals surface area contributed by atoms with Gasteiger partial charge in [0.25, 0.3) is 5.69 Å². The van der Waals surface area contributed by atoms with Crippen LogP contribution in [0.4, 0.5) is 5.69 Å². The molecule has 0 N–H and O–H groups in total. The average Bonchev–Trinajstić information content (AvgIpc) is 2.59. The van der Waals surface area contributed by atoms with Gasteiger partial charge in [-0.05, 0) is 35.9 Å². The largest absolute Gasteiger partial charge is 0.422 e. The van der Waals surface area contributed by atoms with E-state index in [0.29, 0.717) is 16.5 Å². The first-order chi connectivity index (χ1) is 11.9. The first-order valence-electron chi connectivity index (χ1n) is 7.14. The molecule has 3 aromatic rings. The third-order valence-corrected chi connectivity index (χ3v) is 3.96. The molecular formula is C18H10BrNO5. The second kappa shape index (κ2) is 6.82. The van der Waals surface area contributed by atoms with Crippen molar-refractivity contribution in [2.45, 2.75) is 0 Å². The predicted octanol–water partition coefficient (Wildman–Crippen LogP) is 4.36. The number of carbonyl (C=O) groups is 1. The standard InChI is InChI=1S/C18H10BrNO5/c19-13-5-7-17-12(9-13)10-15(18(22)25-17)16(21)6-4-11-2-1-3-14(8-11)20(23)24/h1-10H. The number of hydrogen-bond acceptors (Lipinski definition) is 5. The Labute approximate surface area is 149 Å². The number of fused-ring (bicyclic) bond motifs is 1. The minimum absolute atomic E-state index is 0.0790. The van der Waals surface area contributed by atoms with Gasteiger partial charge in [-0.1, -0.05) is 34.1 Å². The summed E-state index contributed by atoms with van der Waals surface area (Å²) in [6.07, 6.45) is 2.61. The van der Waals surface area contributed by atoms with Crippen LogP contribution in [0.3, 0.4) is 0 Å². The smallest absolute Gasteiger partial charge is 0.347 e. The van der Waals surface area contributed by atoms with Crippen molar-refractivity contribution in [1.82, 2.24) is 0 Å². The Kier molecular flexibility index (Phi) is 4.58. The highest BCUT2D eigenvalue weighted by Crippen LogP contribution is 2.20. The molecule has 124 valence electrons. The summed E-state index contributed by atoms with van der Waals surface area (Å²) in [4.78, 5) is 34.5. The van der Waals surface area contributed by atoms with Crippen LogP contribution in [-0.2, 0) is 0 Å². The summed E-state index contributed by atoms with van der Waals surface area (Å²) in [5, 5.41) is 11.4. The van der Waals surface area contributed by atoms with Crippen molar-refractivity contribution in [3.63, 3.8) is 0 Å². The Bertz CT molecular complexity index is 1080. The van der Waals surface area contributed by atoms with Gasteiger partial charge < -0.3 is 4.42 Å². The van der Waals surface area contributed by atoms with Crippen LogP contribution >= 0.6 is 15.9 Å². The molecular weight excluding hydrogens is 390 g/mol. The molecule has 2 aromatic carbocycles. The van der Waals surface area contributed by atoms with Crippen molar-refractivity contribution >= 4 is 44.4 Å². The molecule has 0 radical (unpaired) electrons. The number of rotatable bonds is 4. The Morgan fingerprint density at radius 3 is 2.72 bits per heavy atom. The predicted molar refractivity (Wildman–Crippen MR) is 96.6 cm³/mol. The number of nitrogens with zero attached hydrogens (tertiary/aromatic N) is 1. The van der Waals surface area contributed by atoms with Gasteiger partial charge >= 0.3 is 5.63 Å². The number of non-ortho nitro benzene ring substituents is 1. The molecule has 25 heavy (non-hydrogen) atoms. The van der Waals surface area contributed by atoms with Crippen LogP contribution in [0.15, 0.2) is 68.3 Å². The quantitative estimate of drug-likeness (QED) is 0.213. The summed E-state index contributed by atoms with van der Waals surface area (Å²) in [5.74, 6) is -0.540.